The lowest BCUT2D eigenvalue weighted by Crippen LogP contribution is -2.43. The topological polar surface area (TPSA) is 86.7 Å². The fourth-order valence-electron chi connectivity index (χ4n) is 1.67. The molecule has 0 spiro atoms. The second-order valence-corrected chi connectivity index (χ2v) is 3.98. The third-order valence-corrected chi connectivity index (χ3v) is 2.73. The number of aliphatic carboxylic acids is 1. The zero-order chi connectivity index (χ0) is 12.3. The first-order chi connectivity index (χ1) is 7.45. The Labute approximate surface area is 93.6 Å². The second-order valence-electron chi connectivity index (χ2n) is 3.98. The quantitative estimate of drug-likeness (QED) is 0.675. The molecule has 1 aliphatic rings. The summed E-state index contributed by atoms with van der Waals surface area (Å²) in [5.41, 5.74) is 0. The highest BCUT2D eigenvalue weighted by Crippen LogP contribution is 2.16. The fraction of sp³-hybridized carbons (Fsp3) is 0.700. The van der Waals surface area contributed by atoms with Crippen LogP contribution in [0.5, 0.6) is 0 Å². The molecule has 0 aromatic heterocycles. The van der Waals surface area contributed by atoms with Crippen LogP contribution in [0.2, 0.25) is 0 Å². The number of rotatable bonds is 4. The van der Waals surface area contributed by atoms with Crippen LogP contribution in [0.1, 0.15) is 19.8 Å². The van der Waals surface area contributed by atoms with Crippen molar-refractivity contribution in [2.75, 3.05) is 13.6 Å². The van der Waals surface area contributed by atoms with Crippen LogP contribution in [0.25, 0.3) is 0 Å². The van der Waals surface area contributed by atoms with Gasteiger partial charge < -0.3 is 15.3 Å². The molecular weight excluding hydrogens is 212 g/mol. The summed E-state index contributed by atoms with van der Waals surface area (Å²) >= 11 is 0. The highest BCUT2D eigenvalue weighted by molar-refractivity contribution is 5.91. The molecular formula is C10H16N2O4. The van der Waals surface area contributed by atoms with E-state index >= 15 is 0 Å². The molecule has 1 heterocycles. The van der Waals surface area contributed by atoms with E-state index in [9.17, 15) is 14.4 Å². The van der Waals surface area contributed by atoms with E-state index in [2.05, 4.69) is 5.32 Å². The lowest BCUT2D eigenvalue weighted by molar-refractivity contribution is -0.142. The number of carboxylic acid groups (broad SMARTS) is 1. The molecule has 16 heavy (non-hydrogen) atoms. The van der Waals surface area contributed by atoms with Crippen LogP contribution in [0, 0.1) is 5.92 Å². The van der Waals surface area contributed by atoms with Crippen LogP contribution in [-0.2, 0) is 14.4 Å². The minimum atomic E-state index is -1.05. The molecule has 2 atom stereocenters. The summed E-state index contributed by atoms with van der Waals surface area (Å²) in [6.07, 6.45) is 0.496. The zero-order valence-electron chi connectivity index (χ0n) is 9.40. The predicted octanol–water partition coefficient (Wildman–Crippen LogP) is -0.556. The number of hydrogen-bond acceptors (Lipinski definition) is 3. The van der Waals surface area contributed by atoms with Crippen LogP contribution in [0.4, 0.5) is 0 Å². The molecule has 6 nitrogen and oxygen atoms in total. The molecule has 2 amide bonds. The molecule has 0 aliphatic carbocycles. The summed E-state index contributed by atoms with van der Waals surface area (Å²) in [7, 11) is 1.63. The summed E-state index contributed by atoms with van der Waals surface area (Å²) in [6.45, 7) is 2.05. The summed E-state index contributed by atoms with van der Waals surface area (Å²) in [6, 6.07) is -0.867. The van der Waals surface area contributed by atoms with E-state index in [1.54, 1.807) is 14.0 Å². The van der Waals surface area contributed by atoms with Crippen molar-refractivity contribution in [1.82, 2.24) is 10.2 Å². The molecule has 1 unspecified atom stereocenters. The average Bonchev–Trinajstić information content (AvgIpc) is 2.55. The lowest BCUT2D eigenvalue weighted by atomic mass is 10.1. The minimum absolute atomic E-state index is 0.0801. The Hall–Kier alpha value is -1.59. The van der Waals surface area contributed by atoms with Crippen molar-refractivity contribution in [3.05, 3.63) is 0 Å². The van der Waals surface area contributed by atoms with E-state index in [1.807, 2.05) is 0 Å². The van der Waals surface area contributed by atoms with Crippen LogP contribution in [0.3, 0.4) is 0 Å². The van der Waals surface area contributed by atoms with Gasteiger partial charge in [-0.2, -0.15) is 0 Å². The molecule has 1 rings (SSSR count). The number of hydrogen-bond donors (Lipinski definition) is 2. The van der Waals surface area contributed by atoms with Crippen molar-refractivity contribution in [1.29, 1.82) is 0 Å². The monoisotopic (exact) mass is 228 g/mol. The predicted molar refractivity (Wildman–Crippen MR) is 55.6 cm³/mol. The maximum absolute atomic E-state index is 11.7. The first-order valence-electron chi connectivity index (χ1n) is 5.22. The minimum Gasteiger partial charge on any atom is -0.480 e. The third-order valence-electron chi connectivity index (χ3n) is 2.73. The summed E-state index contributed by atoms with van der Waals surface area (Å²) < 4.78 is 0. The number of nitrogens with zero attached hydrogens (tertiary/aromatic N) is 1. The Morgan fingerprint density at radius 2 is 2.25 bits per heavy atom. The van der Waals surface area contributed by atoms with Gasteiger partial charge in [-0.3, -0.25) is 9.59 Å². The SMILES string of the molecule is CC[C@@H](NC(=O)C1CC(=O)N(C)C1)C(=O)O. The van der Waals surface area contributed by atoms with Crippen molar-refractivity contribution in [3.63, 3.8) is 0 Å². The number of amides is 2. The van der Waals surface area contributed by atoms with E-state index in [4.69, 9.17) is 5.11 Å². The molecule has 2 N–H and O–H groups in total. The highest BCUT2D eigenvalue weighted by atomic mass is 16.4. The summed E-state index contributed by atoms with van der Waals surface area (Å²) in [5.74, 6) is -1.91. The first kappa shape index (κ1) is 12.5. The number of likely N-dealkylation sites (tertiary alicyclic amines) is 1. The largest absolute Gasteiger partial charge is 0.480 e. The van der Waals surface area contributed by atoms with Gasteiger partial charge in [0.05, 0.1) is 5.92 Å². The van der Waals surface area contributed by atoms with Crippen LogP contribution in [0.15, 0.2) is 0 Å². The van der Waals surface area contributed by atoms with E-state index in [-0.39, 0.29) is 18.2 Å². The van der Waals surface area contributed by atoms with E-state index in [0.29, 0.717) is 13.0 Å². The molecule has 0 aromatic rings. The van der Waals surface area contributed by atoms with Crippen molar-refractivity contribution in [3.8, 4) is 0 Å². The molecule has 0 saturated carbocycles. The van der Waals surface area contributed by atoms with E-state index in [0.717, 1.165) is 0 Å². The van der Waals surface area contributed by atoms with Gasteiger partial charge in [-0.15, -0.1) is 0 Å². The molecule has 1 fully saturated rings. The Morgan fingerprint density at radius 3 is 2.62 bits per heavy atom. The number of carbonyl (C=O) groups is 3. The maximum atomic E-state index is 11.7. The summed E-state index contributed by atoms with van der Waals surface area (Å²) in [4.78, 5) is 35.1. The van der Waals surface area contributed by atoms with Gasteiger partial charge >= 0.3 is 5.97 Å². The second kappa shape index (κ2) is 4.96. The van der Waals surface area contributed by atoms with Gasteiger partial charge in [0.2, 0.25) is 11.8 Å². The Balaban J connectivity index is 2.53. The Morgan fingerprint density at radius 1 is 1.62 bits per heavy atom. The third kappa shape index (κ3) is 2.71. The standard InChI is InChI=1S/C10H16N2O4/c1-3-7(10(15)16)11-9(14)6-4-8(13)12(2)5-6/h6-7H,3-5H2,1-2H3,(H,11,14)(H,15,16)/t6?,7-/m1/s1. The van der Waals surface area contributed by atoms with Gasteiger partial charge in [-0.1, -0.05) is 6.92 Å². The number of carboxylic acids is 1. The Kier molecular flexibility index (Phi) is 3.87. The van der Waals surface area contributed by atoms with Crippen molar-refractivity contribution in [2.24, 2.45) is 5.92 Å². The van der Waals surface area contributed by atoms with Crippen molar-refractivity contribution >= 4 is 17.8 Å². The molecule has 1 saturated heterocycles. The molecule has 0 radical (unpaired) electrons. The van der Waals surface area contributed by atoms with Crippen LogP contribution < -0.4 is 5.32 Å². The van der Waals surface area contributed by atoms with E-state index < -0.39 is 17.9 Å². The first-order valence-corrected chi connectivity index (χ1v) is 5.22. The lowest BCUT2D eigenvalue weighted by Gasteiger charge is -2.15. The molecule has 6 heteroatoms. The molecule has 0 bridgehead atoms. The molecule has 0 aromatic carbocycles. The highest BCUT2D eigenvalue weighted by Gasteiger charge is 2.33. The average molecular weight is 228 g/mol. The number of nitrogens with one attached hydrogen (secondary N) is 1. The zero-order valence-corrected chi connectivity index (χ0v) is 9.40. The Bertz CT molecular complexity index is 316. The van der Waals surface area contributed by atoms with Crippen LogP contribution in [-0.4, -0.2) is 47.4 Å². The van der Waals surface area contributed by atoms with Crippen LogP contribution >= 0.6 is 0 Å². The normalized spacial score (nSPS) is 22.0. The fourth-order valence-corrected chi connectivity index (χ4v) is 1.67. The smallest absolute Gasteiger partial charge is 0.326 e. The van der Waals surface area contributed by atoms with Crippen molar-refractivity contribution in [2.45, 2.75) is 25.8 Å². The maximum Gasteiger partial charge on any atom is 0.326 e. The van der Waals surface area contributed by atoms with Gasteiger partial charge in [-0.05, 0) is 6.42 Å². The van der Waals surface area contributed by atoms with Gasteiger partial charge in [0.15, 0.2) is 0 Å². The number of carbonyl (C=O) groups excluding carboxylic acids is 2. The van der Waals surface area contributed by atoms with Gasteiger partial charge in [0.1, 0.15) is 6.04 Å². The molecule has 1 aliphatic heterocycles. The van der Waals surface area contributed by atoms with Gasteiger partial charge in [-0.25, -0.2) is 4.79 Å². The molecule has 90 valence electrons. The van der Waals surface area contributed by atoms with Gasteiger partial charge in [0.25, 0.3) is 0 Å². The van der Waals surface area contributed by atoms with E-state index in [1.165, 1.54) is 4.90 Å². The van der Waals surface area contributed by atoms with Gasteiger partial charge in [0, 0.05) is 20.0 Å². The summed E-state index contributed by atoms with van der Waals surface area (Å²) in [5, 5.41) is 11.2. The van der Waals surface area contributed by atoms with Crippen molar-refractivity contribution < 1.29 is 19.5 Å².